The predicted octanol–water partition coefficient (Wildman–Crippen LogP) is 0.838. The molecule has 0 spiro atoms. The second-order valence-electron chi connectivity index (χ2n) is 3.09. The summed E-state index contributed by atoms with van der Waals surface area (Å²) in [4.78, 5) is 2.78. The molecule has 0 saturated carbocycles. The topological polar surface area (TPSA) is 14.0 Å². The van der Waals surface area contributed by atoms with Crippen molar-refractivity contribution in [3.05, 3.63) is 0 Å². The Kier molecular flexibility index (Phi) is 9.77. The fraction of sp³-hybridized carbons (Fsp3) is 0.875. The summed E-state index contributed by atoms with van der Waals surface area (Å²) < 4.78 is 0. The first-order valence-corrected chi connectivity index (χ1v) is 3.53. The van der Waals surface area contributed by atoms with Crippen molar-refractivity contribution in [2.24, 2.45) is 5.92 Å². The Bertz CT molecular complexity index is 52.8. The van der Waals surface area contributed by atoms with E-state index in [-0.39, 0.29) is 0 Å². The number of hydrogen-bond acceptors (Lipinski definition) is 0. The molecule has 0 aliphatic carbocycles. The van der Waals surface area contributed by atoms with E-state index in [2.05, 4.69) is 32.5 Å². The van der Waals surface area contributed by atoms with Crippen molar-refractivity contribution in [3.8, 4) is 0 Å². The number of rotatable bonds is 1. The molecule has 0 aromatic rings. The quantitative estimate of drug-likeness (QED) is 0.506. The molecule has 0 aliphatic rings. The number of hydrogen-bond donors (Lipinski definition) is 1. The molecule has 0 aromatic heterocycles. The van der Waals surface area contributed by atoms with E-state index < -0.39 is 0 Å². The molecule has 0 rings (SSSR count). The van der Waals surface area contributed by atoms with Crippen LogP contribution in [-0.2, 0) is 0 Å². The lowest BCUT2D eigenvalue weighted by Crippen LogP contribution is -2.71. The normalized spacial score (nSPS) is 8.78. The van der Waals surface area contributed by atoms with E-state index >= 15 is 0 Å². The highest BCUT2D eigenvalue weighted by molar-refractivity contribution is 5.12. The van der Waals surface area contributed by atoms with Crippen molar-refractivity contribution in [3.63, 3.8) is 0 Å². The zero-order valence-corrected chi connectivity index (χ0v) is 7.36. The van der Waals surface area contributed by atoms with Gasteiger partial charge in [0.15, 0.2) is 0 Å². The van der Waals surface area contributed by atoms with Crippen LogP contribution >= 0.6 is 0 Å². The third kappa shape index (κ3) is 88.4. The van der Waals surface area contributed by atoms with Gasteiger partial charge < -0.3 is 0 Å². The summed E-state index contributed by atoms with van der Waals surface area (Å²) in [6.45, 7) is 14.0. The maximum atomic E-state index is 3.44. The Hall–Kier alpha value is -0.330. The molecule has 0 fully saturated rings. The highest BCUT2D eigenvalue weighted by atomic mass is 14.7. The van der Waals surface area contributed by atoms with Crippen LogP contribution in [0.5, 0.6) is 0 Å². The van der Waals surface area contributed by atoms with Gasteiger partial charge in [-0.1, -0.05) is 20.8 Å². The van der Waals surface area contributed by atoms with E-state index in [9.17, 15) is 0 Å². The standard InChI is InChI=1S/C4H9N.C4H10/c1-4(2)5-3;1-4(2)3/h4H,3H2,1-2H3;4H,1-3H3/p+1. The molecule has 0 bridgehead atoms. The highest BCUT2D eigenvalue weighted by Gasteiger charge is 1.81. The van der Waals surface area contributed by atoms with E-state index in [4.69, 9.17) is 0 Å². The van der Waals surface area contributed by atoms with Gasteiger partial charge in [-0.15, -0.1) is 0 Å². The first kappa shape index (κ1) is 11.5. The van der Waals surface area contributed by atoms with Crippen LogP contribution < -0.4 is 4.99 Å². The Balaban J connectivity index is 0. The summed E-state index contributed by atoms with van der Waals surface area (Å²) in [5.41, 5.74) is 0. The molecule has 0 unspecified atom stereocenters. The molecule has 56 valence electrons. The molecule has 9 heavy (non-hydrogen) atoms. The Morgan fingerprint density at radius 3 is 1.11 bits per heavy atom. The van der Waals surface area contributed by atoms with Gasteiger partial charge in [-0.3, -0.25) is 4.99 Å². The van der Waals surface area contributed by atoms with Gasteiger partial charge in [0, 0.05) is 0 Å². The average Bonchev–Trinajstić information content (AvgIpc) is 1.65. The van der Waals surface area contributed by atoms with E-state index in [0.717, 1.165) is 5.92 Å². The fourth-order valence-corrected chi connectivity index (χ4v) is 0. The van der Waals surface area contributed by atoms with Gasteiger partial charge in [-0.25, -0.2) is 0 Å². The summed E-state index contributed by atoms with van der Waals surface area (Å²) >= 11 is 0. The van der Waals surface area contributed by atoms with E-state index in [0.29, 0.717) is 6.04 Å². The minimum absolute atomic E-state index is 0.523. The Morgan fingerprint density at radius 1 is 1.00 bits per heavy atom. The zero-order chi connectivity index (χ0) is 7.86. The Labute approximate surface area is 59.2 Å². The van der Waals surface area contributed by atoms with E-state index in [1.165, 1.54) is 0 Å². The van der Waals surface area contributed by atoms with Crippen LogP contribution in [0.4, 0.5) is 0 Å². The van der Waals surface area contributed by atoms with Crippen molar-refractivity contribution in [1.82, 2.24) is 0 Å². The molecule has 1 heteroatoms. The summed E-state index contributed by atoms with van der Waals surface area (Å²) in [6, 6.07) is 0.523. The third-order valence-corrected chi connectivity index (χ3v) is 0.408. The first-order chi connectivity index (χ1) is 4.00. The molecular weight excluding hydrogens is 110 g/mol. The van der Waals surface area contributed by atoms with E-state index in [1.54, 1.807) is 0 Å². The third-order valence-electron chi connectivity index (χ3n) is 0.408. The molecule has 0 saturated heterocycles. The average molecular weight is 130 g/mol. The van der Waals surface area contributed by atoms with Crippen LogP contribution in [0.25, 0.3) is 0 Å². The van der Waals surface area contributed by atoms with Crippen LogP contribution in [0.1, 0.15) is 34.6 Å². The van der Waals surface area contributed by atoms with Crippen LogP contribution in [0.15, 0.2) is 0 Å². The molecule has 0 atom stereocenters. The molecule has 0 radical (unpaired) electrons. The van der Waals surface area contributed by atoms with Crippen molar-refractivity contribution >= 4 is 6.72 Å². The van der Waals surface area contributed by atoms with Crippen molar-refractivity contribution in [1.29, 1.82) is 0 Å². The van der Waals surface area contributed by atoms with Gasteiger partial charge in [-0.05, 0) is 19.8 Å². The summed E-state index contributed by atoms with van der Waals surface area (Å²) in [6.07, 6.45) is 0. The summed E-state index contributed by atoms with van der Waals surface area (Å²) in [7, 11) is 0. The molecular formula is C8H20N+. The lowest BCUT2D eigenvalue weighted by Gasteiger charge is -1.79. The van der Waals surface area contributed by atoms with Crippen LogP contribution in [0, 0.1) is 5.92 Å². The van der Waals surface area contributed by atoms with Gasteiger partial charge in [0.1, 0.15) is 12.8 Å². The maximum absolute atomic E-state index is 3.44. The van der Waals surface area contributed by atoms with Crippen LogP contribution in [0.3, 0.4) is 0 Å². The minimum atomic E-state index is 0.523. The smallest absolute Gasteiger partial charge is 0.144 e. The molecule has 0 aliphatic heterocycles. The number of nitrogens with one attached hydrogen (secondary N) is 1. The minimum Gasteiger partial charge on any atom is -0.252 e. The van der Waals surface area contributed by atoms with Crippen LogP contribution in [0.2, 0.25) is 0 Å². The Morgan fingerprint density at radius 2 is 1.11 bits per heavy atom. The zero-order valence-electron chi connectivity index (χ0n) is 7.36. The van der Waals surface area contributed by atoms with Crippen molar-refractivity contribution in [2.45, 2.75) is 40.7 Å². The largest absolute Gasteiger partial charge is 0.252 e. The molecule has 0 amide bonds. The lowest BCUT2D eigenvalue weighted by molar-refractivity contribution is -0.483. The maximum Gasteiger partial charge on any atom is 0.144 e. The second-order valence-corrected chi connectivity index (χ2v) is 3.09. The summed E-state index contributed by atoms with van der Waals surface area (Å²) in [5.74, 6) is 0.833. The lowest BCUT2D eigenvalue weighted by atomic mass is 10.3. The summed E-state index contributed by atoms with van der Waals surface area (Å²) in [5, 5.41) is 0. The molecule has 1 N–H and O–H groups in total. The van der Waals surface area contributed by atoms with Crippen molar-refractivity contribution in [2.75, 3.05) is 0 Å². The SMILES string of the molecule is C=[NH+]C(C)C.CC(C)C. The molecule has 0 aromatic carbocycles. The van der Waals surface area contributed by atoms with Crippen molar-refractivity contribution < 1.29 is 4.99 Å². The first-order valence-electron chi connectivity index (χ1n) is 3.53. The molecule has 1 nitrogen and oxygen atoms in total. The second kappa shape index (κ2) is 7.67. The fourth-order valence-electron chi connectivity index (χ4n) is 0. The van der Waals surface area contributed by atoms with Gasteiger partial charge >= 0.3 is 0 Å². The van der Waals surface area contributed by atoms with Gasteiger partial charge in [0.25, 0.3) is 0 Å². The van der Waals surface area contributed by atoms with Gasteiger partial charge in [-0.2, -0.15) is 0 Å². The molecule has 0 heterocycles. The highest BCUT2D eigenvalue weighted by Crippen LogP contribution is 1.81. The van der Waals surface area contributed by atoms with Gasteiger partial charge in [0.05, 0.1) is 0 Å². The monoisotopic (exact) mass is 130 g/mol. The van der Waals surface area contributed by atoms with E-state index in [1.807, 2.05) is 13.8 Å². The van der Waals surface area contributed by atoms with Crippen LogP contribution in [-0.4, -0.2) is 12.8 Å². The predicted molar refractivity (Wildman–Crippen MR) is 43.7 cm³/mol. The van der Waals surface area contributed by atoms with Gasteiger partial charge in [0.2, 0.25) is 0 Å².